The van der Waals surface area contributed by atoms with Crippen molar-refractivity contribution in [3.05, 3.63) is 70.8 Å². The van der Waals surface area contributed by atoms with Crippen LogP contribution < -0.4 is 0 Å². The molecule has 0 bridgehead atoms. The molecule has 0 spiro atoms. The second-order valence-corrected chi connectivity index (χ2v) is 5.57. The molecule has 2 aromatic rings. The Bertz CT molecular complexity index is 719. The predicted octanol–water partition coefficient (Wildman–Crippen LogP) is 3.50. The molecule has 112 valence electrons. The Balaban J connectivity index is 2.14. The van der Waals surface area contributed by atoms with Crippen molar-refractivity contribution in [1.29, 1.82) is 0 Å². The maximum absolute atomic E-state index is 12.7. The van der Waals surface area contributed by atoms with Crippen molar-refractivity contribution in [2.24, 2.45) is 5.92 Å². The zero-order valence-electron chi connectivity index (χ0n) is 12.7. The van der Waals surface area contributed by atoms with E-state index in [0.717, 1.165) is 16.7 Å². The van der Waals surface area contributed by atoms with Crippen molar-refractivity contribution in [2.45, 2.75) is 19.8 Å². The van der Waals surface area contributed by atoms with Gasteiger partial charge in [-0.2, -0.15) is 0 Å². The molecule has 0 saturated heterocycles. The van der Waals surface area contributed by atoms with Gasteiger partial charge in [-0.3, -0.25) is 9.59 Å². The minimum Gasteiger partial charge on any atom is -0.465 e. The fraction of sp³-hybridized carbons (Fsp3) is 0.263. The molecule has 2 unspecified atom stereocenters. The summed E-state index contributed by atoms with van der Waals surface area (Å²) in [7, 11) is 0. The maximum Gasteiger partial charge on any atom is 0.317 e. The Labute approximate surface area is 129 Å². The third-order valence-corrected chi connectivity index (χ3v) is 4.12. The van der Waals surface area contributed by atoms with Gasteiger partial charge in [-0.1, -0.05) is 48.0 Å². The van der Waals surface area contributed by atoms with Gasteiger partial charge in [0.1, 0.15) is 5.92 Å². The van der Waals surface area contributed by atoms with E-state index in [1.165, 1.54) is 0 Å². The molecule has 3 heteroatoms. The molecule has 0 N–H and O–H groups in total. The van der Waals surface area contributed by atoms with Crippen LogP contribution in [0.25, 0.3) is 0 Å². The largest absolute Gasteiger partial charge is 0.465 e. The van der Waals surface area contributed by atoms with E-state index in [-0.39, 0.29) is 18.3 Å². The topological polar surface area (TPSA) is 43.4 Å². The van der Waals surface area contributed by atoms with Crippen LogP contribution in [-0.4, -0.2) is 18.4 Å². The van der Waals surface area contributed by atoms with E-state index in [0.29, 0.717) is 5.56 Å². The van der Waals surface area contributed by atoms with Crippen LogP contribution in [-0.2, 0) is 9.53 Å². The number of ether oxygens (including phenoxy) is 1. The number of hydrogen-bond donors (Lipinski definition) is 0. The van der Waals surface area contributed by atoms with E-state index in [9.17, 15) is 9.59 Å². The molecule has 22 heavy (non-hydrogen) atoms. The van der Waals surface area contributed by atoms with Crippen LogP contribution in [0.5, 0.6) is 0 Å². The van der Waals surface area contributed by atoms with Crippen LogP contribution in [0.15, 0.2) is 48.5 Å². The normalized spacial score (nSPS) is 19.8. The number of ketones is 1. The summed E-state index contributed by atoms with van der Waals surface area (Å²) in [5.41, 5.74) is 3.55. The van der Waals surface area contributed by atoms with Gasteiger partial charge in [0.2, 0.25) is 0 Å². The smallest absolute Gasteiger partial charge is 0.317 e. The van der Waals surface area contributed by atoms with Gasteiger partial charge in [0.25, 0.3) is 0 Å². The maximum atomic E-state index is 12.7. The number of esters is 1. The molecule has 3 rings (SSSR count). The van der Waals surface area contributed by atoms with Crippen LogP contribution in [0.4, 0.5) is 0 Å². The number of Topliss-reactive ketones (excluding diaryl/α,β-unsaturated/α-hetero) is 1. The monoisotopic (exact) mass is 294 g/mol. The first-order chi connectivity index (χ1) is 10.6. The molecule has 0 radical (unpaired) electrons. The quantitative estimate of drug-likeness (QED) is 0.643. The van der Waals surface area contributed by atoms with Gasteiger partial charge < -0.3 is 4.74 Å². The number of rotatable bonds is 3. The molecule has 0 amide bonds. The molecule has 2 aromatic carbocycles. The number of fused-ring (bicyclic) bond motifs is 1. The minimum absolute atomic E-state index is 0.133. The van der Waals surface area contributed by atoms with Crippen molar-refractivity contribution in [3.8, 4) is 0 Å². The lowest BCUT2D eigenvalue weighted by Gasteiger charge is -2.18. The van der Waals surface area contributed by atoms with Crippen molar-refractivity contribution in [1.82, 2.24) is 0 Å². The summed E-state index contributed by atoms with van der Waals surface area (Å²) in [5.74, 6) is -1.61. The first-order valence-electron chi connectivity index (χ1n) is 7.49. The standard InChI is InChI=1S/C19H18O3/c1-3-22-19(21)17-16(13-7-5-4-6-8-13)14-10-9-12(2)11-15(14)18(17)20/h4-11,16-17H,3H2,1-2H3. The fourth-order valence-corrected chi connectivity index (χ4v) is 3.16. The highest BCUT2D eigenvalue weighted by Crippen LogP contribution is 2.43. The molecule has 2 atom stereocenters. The summed E-state index contributed by atoms with van der Waals surface area (Å²) in [5, 5.41) is 0. The van der Waals surface area contributed by atoms with Gasteiger partial charge in [0, 0.05) is 11.5 Å². The lowest BCUT2D eigenvalue weighted by molar-refractivity contribution is -0.146. The molecule has 3 nitrogen and oxygen atoms in total. The van der Waals surface area contributed by atoms with Crippen LogP contribution in [0.2, 0.25) is 0 Å². The molecular formula is C19H18O3. The first-order valence-corrected chi connectivity index (χ1v) is 7.49. The highest BCUT2D eigenvalue weighted by molar-refractivity contribution is 6.13. The van der Waals surface area contributed by atoms with E-state index in [2.05, 4.69) is 0 Å². The summed E-state index contributed by atoms with van der Waals surface area (Å²) in [4.78, 5) is 25.1. The number of carbonyl (C=O) groups is 2. The molecule has 1 aliphatic rings. The lowest BCUT2D eigenvalue weighted by Crippen LogP contribution is -2.26. The van der Waals surface area contributed by atoms with Gasteiger partial charge in [-0.15, -0.1) is 0 Å². The van der Waals surface area contributed by atoms with Crippen LogP contribution in [0, 0.1) is 12.8 Å². The zero-order chi connectivity index (χ0) is 15.7. The third kappa shape index (κ3) is 2.33. The van der Waals surface area contributed by atoms with Crippen LogP contribution in [0.1, 0.15) is 39.9 Å². The number of carbonyl (C=O) groups excluding carboxylic acids is 2. The lowest BCUT2D eigenvalue weighted by atomic mass is 9.85. The zero-order valence-corrected chi connectivity index (χ0v) is 12.7. The van der Waals surface area contributed by atoms with E-state index in [1.54, 1.807) is 6.92 Å². The molecule has 0 heterocycles. The molecule has 1 aliphatic carbocycles. The van der Waals surface area contributed by atoms with Gasteiger partial charge in [0.15, 0.2) is 5.78 Å². The van der Waals surface area contributed by atoms with E-state index in [4.69, 9.17) is 4.74 Å². The SMILES string of the molecule is CCOC(=O)C1C(=O)c2cc(C)ccc2C1c1ccccc1. The fourth-order valence-electron chi connectivity index (χ4n) is 3.16. The summed E-state index contributed by atoms with van der Waals surface area (Å²) < 4.78 is 5.15. The van der Waals surface area contributed by atoms with E-state index in [1.807, 2.05) is 55.5 Å². The van der Waals surface area contributed by atoms with Gasteiger partial charge >= 0.3 is 5.97 Å². The van der Waals surface area contributed by atoms with Gasteiger partial charge in [-0.25, -0.2) is 0 Å². The second-order valence-electron chi connectivity index (χ2n) is 5.57. The van der Waals surface area contributed by atoms with Crippen LogP contribution in [0.3, 0.4) is 0 Å². The molecular weight excluding hydrogens is 276 g/mol. The average molecular weight is 294 g/mol. The van der Waals surface area contributed by atoms with Crippen molar-refractivity contribution in [2.75, 3.05) is 6.61 Å². The highest BCUT2D eigenvalue weighted by atomic mass is 16.5. The van der Waals surface area contributed by atoms with Crippen molar-refractivity contribution < 1.29 is 14.3 Å². The summed E-state index contributed by atoms with van der Waals surface area (Å²) in [6.07, 6.45) is 0. The average Bonchev–Trinajstić information content (AvgIpc) is 2.81. The first kappa shape index (κ1) is 14.5. The van der Waals surface area contributed by atoms with Crippen molar-refractivity contribution >= 4 is 11.8 Å². The van der Waals surface area contributed by atoms with Crippen LogP contribution >= 0.6 is 0 Å². The number of hydrogen-bond acceptors (Lipinski definition) is 3. The highest BCUT2D eigenvalue weighted by Gasteiger charge is 2.45. The van der Waals surface area contributed by atoms with Gasteiger partial charge in [-0.05, 0) is 31.0 Å². The van der Waals surface area contributed by atoms with E-state index < -0.39 is 11.9 Å². The Morgan fingerprint density at radius 1 is 1.14 bits per heavy atom. The molecule has 0 saturated carbocycles. The molecule has 0 aromatic heterocycles. The predicted molar refractivity (Wildman–Crippen MR) is 83.9 cm³/mol. The Kier molecular flexibility index (Phi) is 3.80. The third-order valence-electron chi connectivity index (χ3n) is 4.12. The summed E-state index contributed by atoms with van der Waals surface area (Å²) in [6.45, 7) is 3.98. The summed E-state index contributed by atoms with van der Waals surface area (Å²) >= 11 is 0. The van der Waals surface area contributed by atoms with Crippen molar-refractivity contribution in [3.63, 3.8) is 0 Å². The van der Waals surface area contributed by atoms with E-state index >= 15 is 0 Å². The number of benzene rings is 2. The van der Waals surface area contributed by atoms with Gasteiger partial charge in [0.05, 0.1) is 6.61 Å². The minimum atomic E-state index is -0.779. The Morgan fingerprint density at radius 2 is 1.86 bits per heavy atom. The summed E-state index contributed by atoms with van der Waals surface area (Å²) in [6, 6.07) is 15.5. The Morgan fingerprint density at radius 3 is 2.55 bits per heavy atom. The molecule has 0 aliphatic heterocycles. The number of aryl methyl sites for hydroxylation is 1. The molecule has 0 fully saturated rings. The Hall–Kier alpha value is -2.42. The second kappa shape index (κ2) is 5.76.